The number of hydrogen-bond donors (Lipinski definition) is 1. The van der Waals surface area contributed by atoms with Crippen molar-refractivity contribution in [2.45, 2.75) is 6.92 Å². The van der Waals surface area contributed by atoms with Crippen LogP contribution in [0.15, 0.2) is 27.1 Å². The predicted molar refractivity (Wildman–Crippen MR) is 67.7 cm³/mol. The number of rotatable bonds is 4. The van der Waals surface area contributed by atoms with Crippen molar-refractivity contribution in [3.63, 3.8) is 0 Å². The fourth-order valence-electron chi connectivity index (χ4n) is 1.47. The second-order valence-corrected chi connectivity index (χ2v) is 4.47. The van der Waals surface area contributed by atoms with Crippen molar-refractivity contribution >= 4 is 21.9 Å². The molecule has 7 heteroatoms. The van der Waals surface area contributed by atoms with E-state index in [4.69, 9.17) is 14.3 Å². The normalized spacial score (nSPS) is 10.5. The maximum absolute atomic E-state index is 13.3. The highest BCUT2D eigenvalue weighted by molar-refractivity contribution is 9.10. The van der Waals surface area contributed by atoms with Crippen LogP contribution in [0.25, 0.3) is 11.5 Å². The summed E-state index contributed by atoms with van der Waals surface area (Å²) in [6.45, 7) is 1.92. The van der Waals surface area contributed by atoms with E-state index < -0.39 is 11.8 Å². The summed E-state index contributed by atoms with van der Waals surface area (Å²) in [7, 11) is 0. The highest BCUT2D eigenvalue weighted by Crippen LogP contribution is 2.29. The summed E-state index contributed by atoms with van der Waals surface area (Å²) < 4.78 is 24.0. The Bertz CT molecular complexity index is 606. The standard InChI is InChI=1S/C12H9BrFNO4/c1-2-18-12-9(11(16)17)15-10(19-12)6-3-7(13)5-8(14)4-6/h3-5H,2H2,1H3,(H,16,17). The van der Waals surface area contributed by atoms with Crippen LogP contribution in [0, 0.1) is 5.82 Å². The summed E-state index contributed by atoms with van der Waals surface area (Å²) in [6.07, 6.45) is 0. The van der Waals surface area contributed by atoms with Crippen LogP contribution in [0.5, 0.6) is 5.95 Å². The molecule has 1 heterocycles. The van der Waals surface area contributed by atoms with Gasteiger partial charge in [-0.2, -0.15) is 4.98 Å². The average Bonchev–Trinajstić information content (AvgIpc) is 2.72. The van der Waals surface area contributed by atoms with E-state index in [2.05, 4.69) is 20.9 Å². The maximum Gasteiger partial charge on any atom is 0.362 e. The first-order chi connectivity index (χ1) is 9.01. The van der Waals surface area contributed by atoms with E-state index in [-0.39, 0.29) is 24.1 Å². The van der Waals surface area contributed by atoms with E-state index >= 15 is 0 Å². The molecule has 0 saturated heterocycles. The molecule has 0 atom stereocenters. The number of nitrogens with zero attached hydrogens (tertiary/aromatic N) is 1. The predicted octanol–water partition coefficient (Wildman–Crippen LogP) is 3.34. The van der Waals surface area contributed by atoms with Crippen LogP contribution in [-0.2, 0) is 0 Å². The molecule has 19 heavy (non-hydrogen) atoms. The van der Waals surface area contributed by atoms with Gasteiger partial charge in [-0.1, -0.05) is 15.9 Å². The zero-order valence-corrected chi connectivity index (χ0v) is 11.4. The number of carbonyl (C=O) groups is 1. The minimum atomic E-state index is -1.27. The van der Waals surface area contributed by atoms with Crippen LogP contribution >= 0.6 is 15.9 Å². The monoisotopic (exact) mass is 329 g/mol. The molecule has 1 N–H and O–H groups in total. The van der Waals surface area contributed by atoms with Gasteiger partial charge in [0, 0.05) is 10.0 Å². The van der Waals surface area contributed by atoms with Crippen LogP contribution in [-0.4, -0.2) is 22.7 Å². The zero-order valence-electron chi connectivity index (χ0n) is 9.81. The van der Waals surface area contributed by atoms with Gasteiger partial charge in [0.2, 0.25) is 11.6 Å². The number of halogens is 2. The Morgan fingerprint density at radius 2 is 2.26 bits per heavy atom. The van der Waals surface area contributed by atoms with Crippen molar-refractivity contribution in [3.05, 3.63) is 34.2 Å². The van der Waals surface area contributed by atoms with Gasteiger partial charge in [-0.3, -0.25) is 0 Å². The zero-order chi connectivity index (χ0) is 14.0. The summed E-state index contributed by atoms with van der Waals surface area (Å²) in [6, 6.07) is 4.03. The van der Waals surface area contributed by atoms with Gasteiger partial charge in [0.05, 0.1) is 6.61 Å². The fourth-order valence-corrected chi connectivity index (χ4v) is 1.94. The van der Waals surface area contributed by atoms with E-state index in [0.717, 1.165) is 0 Å². The average molecular weight is 330 g/mol. The topological polar surface area (TPSA) is 72.6 Å². The molecule has 0 aliphatic carbocycles. The van der Waals surface area contributed by atoms with Crippen molar-refractivity contribution in [2.75, 3.05) is 6.61 Å². The molecule has 0 saturated carbocycles. The summed E-state index contributed by atoms with van der Waals surface area (Å²) in [5.74, 6) is -1.96. The first-order valence-electron chi connectivity index (χ1n) is 5.34. The first-order valence-corrected chi connectivity index (χ1v) is 6.14. The Labute approximate surface area is 116 Å². The number of benzene rings is 1. The Balaban J connectivity index is 2.50. The van der Waals surface area contributed by atoms with Crippen molar-refractivity contribution in [1.29, 1.82) is 0 Å². The number of carboxylic acids is 1. The molecule has 0 unspecified atom stereocenters. The van der Waals surface area contributed by atoms with Crippen LogP contribution in [0.3, 0.4) is 0 Å². The van der Waals surface area contributed by atoms with Gasteiger partial charge in [0.1, 0.15) is 5.82 Å². The highest BCUT2D eigenvalue weighted by atomic mass is 79.9. The van der Waals surface area contributed by atoms with E-state index in [9.17, 15) is 9.18 Å². The van der Waals surface area contributed by atoms with Crippen LogP contribution in [0.4, 0.5) is 4.39 Å². The number of ether oxygens (including phenoxy) is 1. The molecule has 1 aromatic carbocycles. The third-order valence-corrected chi connectivity index (χ3v) is 2.64. The Morgan fingerprint density at radius 1 is 1.53 bits per heavy atom. The van der Waals surface area contributed by atoms with Crippen molar-refractivity contribution in [1.82, 2.24) is 4.98 Å². The lowest BCUT2D eigenvalue weighted by Crippen LogP contribution is -2.01. The number of carboxylic acid groups (broad SMARTS) is 1. The molecular weight excluding hydrogens is 321 g/mol. The molecule has 0 bridgehead atoms. The smallest absolute Gasteiger partial charge is 0.362 e. The lowest BCUT2D eigenvalue weighted by molar-refractivity contribution is 0.0683. The van der Waals surface area contributed by atoms with Gasteiger partial charge < -0.3 is 14.3 Å². The molecule has 0 spiro atoms. The van der Waals surface area contributed by atoms with Gasteiger partial charge in [-0.15, -0.1) is 0 Å². The van der Waals surface area contributed by atoms with E-state index in [1.165, 1.54) is 12.1 Å². The molecule has 100 valence electrons. The molecule has 0 radical (unpaired) electrons. The van der Waals surface area contributed by atoms with Crippen molar-refractivity contribution < 1.29 is 23.4 Å². The van der Waals surface area contributed by atoms with Crippen molar-refractivity contribution in [2.24, 2.45) is 0 Å². The summed E-state index contributed by atoms with van der Waals surface area (Å²) in [4.78, 5) is 14.8. The van der Waals surface area contributed by atoms with Crippen molar-refractivity contribution in [3.8, 4) is 17.4 Å². The lowest BCUT2D eigenvalue weighted by atomic mass is 10.2. The SMILES string of the molecule is CCOc1oc(-c2cc(F)cc(Br)c2)nc1C(=O)O. The second kappa shape index (κ2) is 5.40. The van der Waals surface area contributed by atoms with E-state index in [1.807, 2.05) is 0 Å². The summed E-state index contributed by atoms with van der Waals surface area (Å²) in [5, 5.41) is 8.98. The summed E-state index contributed by atoms with van der Waals surface area (Å²) >= 11 is 3.14. The number of aromatic nitrogens is 1. The molecule has 0 aliphatic rings. The first kappa shape index (κ1) is 13.5. The van der Waals surface area contributed by atoms with Gasteiger partial charge >= 0.3 is 11.9 Å². The molecule has 1 aromatic heterocycles. The highest BCUT2D eigenvalue weighted by Gasteiger charge is 2.22. The fraction of sp³-hybridized carbons (Fsp3) is 0.167. The molecule has 0 fully saturated rings. The number of oxazole rings is 1. The lowest BCUT2D eigenvalue weighted by Gasteiger charge is -1.98. The number of aromatic carboxylic acids is 1. The van der Waals surface area contributed by atoms with E-state index in [0.29, 0.717) is 10.0 Å². The van der Waals surface area contributed by atoms with Crippen LogP contribution in [0.2, 0.25) is 0 Å². The molecule has 2 aromatic rings. The maximum atomic E-state index is 13.3. The minimum absolute atomic E-state index is 0.0129. The summed E-state index contributed by atoms with van der Waals surface area (Å²) in [5.41, 5.74) is -0.0161. The third-order valence-electron chi connectivity index (χ3n) is 2.18. The molecule has 0 amide bonds. The Morgan fingerprint density at radius 3 is 2.84 bits per heavy atom. The van der Waals surface area contributed by atoms with Crippen LogP contribution < -0.4 is 4.74 Å². The minimum Gasteiger partial charge on any atom is -0.476 e. The quantitative estimate of drug-likeness (QED) is 0.931. The third kappa shape index (κ3) is 2.93. The van der Waals surface area contributed by atoms with Gasteiger partial charge in [-0.05, 0) is 25.1 Å². The van der Waals surface area contributed by atoms with Crippen LogP contribution in [0.1, 0.15) is 17.4 Å². The van der Waals surface area contributed by atoms with Gasteiger partial charge in [0.15, 0.2) is 0 Å². The molecule has 5 nitrogen and oxygen atoms in total. The van der Waals surface area contributed by atoms with Gasteiger partial charge in [-0.25, -0.2) is 9.18 Å². The largest absolute Gasteiger partial charge is 0.476 e. The van der Waals surface area contributed by atoms with E-state index in [1.54, 1.807) is 13.0 Å². The second-order valence-electron chi connectivity index (χ2n) is 3.55. The van der Waals surface area contributed by atoms with Gasteiger partial charge in [0.25, 0.3) is 0 Å². The molecule has 2 rings (SSSR count). The molecule has 0 aliphatic heterocycles. The molecular formula is C12H9BrFNO4. The Kier molecular flexibility index (Phi) is 3.84. The number of hydrogen-bond acceptors (Lipinski definition) is 4. The Hall–Kier alpha value is -1.89.